The fourth-order valence-corrected chi connectivity index (χ4v) is 2.00. The summed E-state index contributed by atoms with van der Waals surface area (Å²) < 4.78 is 0. The van der Waals surface area contributed by atoms with E-state index in [2.05, 4.69) is 24.5 Å². The van der Waals surface area contributed by atoms with Crippen LogP contribution in [0.4, 0.5) is 0 Å². The summed E-state index contributed by atoms with van der Waals surface area (Å²) in [5.41, 5.74) is 6.66. The molecule has 2 amide bonds. The molecular formula is C15H23N3O2. The smallest absolute Gasteiger partial charge is 0.248 e. The van der Waals surface area contributed by atoms with E-state index >= 15 is 0 Å². The van der Waals surface area contributed by atoms with Gasteiger partial charge >= 0.3 is 0 Å². The maximum atomic E-state index is 11.8. The van der Waals surface area contributed by atoms with Gasteiger partial charge in [0, 0.05) is 19.2 Å². The molecule has 20 heavy (non-hydrogen) atoms. The molecule has 5 nitrogen and oxygen atoms in total. The number of carbonyl (C=O) groups excluding carboxylic acids is 2. The number of amides is 2. The summed E-state index contributed by atoms with van der Waals surface area (Å²) in [4.78, 5) is 22.9. The van der Waals surface area contributed by atoms with Gasteiger partial charge < -0.3 is 16.4 Å². The highest BCUT2D eigenvalue weighted by Gasteiger charge is 2.17. The molecule has 0 aliphatic rings. The van der Waals surface area contributed by atoms with E-state index in [0.717, 1.165) is 12.0 Å². The lowest BCUT2D eigenvalue weighted by atomic mass is 10.0. The van der Waals surface area contributed by atoms with Crippen LogP contribution in [0.15, 0.2) is 24.3 Å². The van der Waals surface area contributed by atoms with Gasteiger partial charge in [-0.1, -0.05) is 26.0 Å². The number of primary amides is 1. The van der Waals surface area contributed by atoms with Crippen molar-refractivity contribution < 1.29 is 9.59 Å². The van der Waals surface area contributed by atoms with Crippen molar-refractivity contribution in [2.45, 2.75) is 32.9 Å². The Labute approximate surface area is 119 Å². The summed E-state index contributed by atoms with van der Waals surface area (Å²) in [6.45, 7) is 4.67. The molecule has 4 N–H and O–H groups in total. The number of nitrogens with one attached hydrogen (secondary N) is 2. The van der Waals surface area contributed by atoms with Gasteiger partial charge in [-0.15, -0.1) is 0 Å². The summed E-state index contributed by atoms with van der Waals surface area (Å²) in [7, 11) is 1.63. The lowest BCUT2D eigenvalue weighted by Gasteiger charge is -2.19. The Morgan fingerprint density at radius 3 is 2.55 bits per heavy atom. The first kappa shape index (κ1) is 16.2. The first-order valence-electron chi connectivity index (χ1n) is 6.77. The summed E-state index contributed by atoms with van der Waals surface area (Å²) in [6.07, 6.45) is 0.759. The van der Waals surface area contributed by atoms with Crippen LogP contribution in [0.25, 0.3) is 0 Å². The number of benzene rings is 1. The molecule has 0 fully saturated rings. The monoisotopic (exact) mass is 277 g/mol. The van der Waals surface area contributed by atoms with Crippen molar-refractivity contribution in [3.63, 3.8) is 0 Å². The Kier molecular flexibility index (Phi) is 6.18. The summed E-state index contributed by atoms with van der Waals surface area (Å²) in [5, 5.41) is 5.88. The van der Waals surface area contributed by atoms with E-state index in [1.54, 1.807) is 25.2 Å². The first-order valence-corrected chi connectivity index (χ1v) is 6.77. The van der Waals surface area contributed by atoms with Crippen molar-refractivity contribution >= 4 is 11.8 Å². The van der Waals surface area contributed by atoms with E-state index < -0.39 is 5.91 Å². The molecule has 0 aromatic heterocycles. The van der Waals surface area contributed by atoms with Crippen LogP contribution in [0.3, 0.4) is 0 Å². The molecule has 0 saturated heterocycles. The molecule has 0 aliphatic carbocycles. The van der Waals surface area contributed by atoms with Crippen LogP contribution in [0, 0.1) is 5.92 Å². The van der Waals surface area contributed by atoms with Crippen LogP contribution in [0.2, 0.25) is 0 Å². The zero-order chi connectivity index (χ0) is 15.1. The number of nitrogens with two attached hydrogens (primary N) is 1. The van der Waals surface area contributed by atoms with Gasteiger partial charge in [-0.25, -0.2) is 0 Å². The quantitative estimate of drug-likeness (QED) is 0.696. The molecule has 0 saturated carbocycles. The van der Waals surface area contributed by atoms with E-state index in [0.29, 0.717) is 18.0 Å². The third kappa shape index (κ3) is 5.01. The second-order valence-corrected chi connectivity index (χ2v) is 5.24. The molecule has 1 atom stereocenters. The number of hydrogen-bond donors (Lipinski definition) is 3. The molecule has 1 rings (SSSR count). The second kappa shape index (κ2) is 7.65. The largest absolute Gasteiger partial charge is 0.366 e. The number of carbonyl (C=O) groups is 2. The molecule has 0 bridgehead atoms. The predicted octanol–water partition coefficient (Wildman–Crippen LogP) is 1.04. The van der Waals surface area contributed by atoms with Crippen LogP contribution in [-0.4, -0.2) is 24.9 Å². The molecule has 1 unspecified atom stereocenters. The normalized spacial score (nSPS) is 12.2. The van der Waals surface area contributed by atoms with Gasteiger partial charge in [-0.05, 0) is 30.0 Å². The van der Waals surface area contributed by atoms with E-state index in [-0.39, 0.29) is 11.9 Å². The molecule has 0 heterocycles. The highest BCUT2D eigenvalue weighted by molar-refractivity contribution is 5.92. The van der Waals surface area contributed by atoms with Crippen molar-refractivity contribution in [3.8, 4) is 0 Å². The lowest BCUT2D eigenvalue weighted by molar-refractivity contribution is -0.123. The maximum Gasteiger partial charge on any atom is 0.248 e. The van der Waals surface area contributed by atoms with Crippen LogP contribution >= 0.6 is 0 Å². The number of hydrogen-bond acceptors (Lipinski definition) is 3. The Morgan fingerprint density at radius 1 is 1.30 bits per heavy atom. The Hall–Kier alpha value is -1.88. The maximum absolute atomic E-state index is 11.8. The summed E-state index contributed by atoms with van der Waals surface area (Å²) in [6, 6.07) is 6.86. The average Bonchev–Trinajstić information content (AvgIpc) is 2.42. The fourth-order valence-electron chi connectivity index (χ4n) is 2.00. The molecule has 1 aromatic rings. The van der Waals surface area contributed by atoms with Crippen molar-refractivity contribution in [1.29, 1.82) is 0 Å². The van der Waals surface area contributed by atoms with Crippen LogP contribution in [-0.2, 0) is 11.3 Å². The lowest BCUT2D eigenvalue weighted by Crippen LogP contribution is -2.43. The van der Waals surface area contributed by atoms with Crippen LogP contribution in [0.5, 0.6) is 0 Å². The van der Waals surface area contributed by atoms with Gasteiger partial charge in [0.25, 0.3) is 0 Å². The topological polar surface area (TPSA) is 84.2 Å². The minimum Gasteiger partial charge on any atom is -0.366 e. The van der Waals surface area contributed by atoms with E-state index in [4.69, 9.17) is 5.73 Å². The van der Waals surface area contributed by atoms with Crippen molar-refractivity contribution in [3.05, 3.63) is 35.4 Å². The van der Waals surface area contributed by atoms with Gasteiger partial charge in [-0.2, -0.15) is 0 Å². The zero-order valence-corrected chi connectivity index (χ0v) is 12.3. The SMILES string of the molecule is CNC(=O)C(CC(C)C)NCc1cccc(C(N)=O)c1. The number of likely N-dealkylation sites (N-methyl/N-ethyl adjacent to an activating group) is 1. The third-order valence-electron chi connectivity index (χ3n) is 3.03. The van der Waals surface area contributed by atoms with E-state index in [1.807, 2.05) is 6.07 Å². The Morgan fingerprint density at radius 2 is 2.00 bits per heavy atom. The van der Waals surface area contributed by atoms with Gasteiger partial charge in [0.1, 0.15) is 0 Å². The van der Waals surface area contributed by atoms with Crippen LogP contribution in [0.1, 0.15) is 36.2 Å². The number of rotatable bonds is 7. The minimum atomic E-state index is -0.447. The van der Waals surface area contributed by atoms with Crippen molar-refractivity contribution in [2.75, 3.05) is 7.05 Å². The van der Waals surface area contributed by atoms with E-state index in [1.165, 1.54) is 0 Å². The second-order valence-electron chi connectivity index (χ2n) is 5.24. The highest BCUT2D eigenvalue weighted by atomic mass is 16.2. The average molecular weight is 277 g/mol. The molecule has 5 heteroatoms. The predicted molar refractivity (Wildman–Crippen MR) is 79.1 cm³/mol. The summed E-state index contributed by atoms with van der Waals surface area (Å²) >= 11 is 0. The molecule has 0 aliphatic heterocycles. The standard InChI is InChI=1S/C15H23N3O2/c1-10(2)7-13(15(20)17-3)18-9-11-5-4-6-12(8-11)14(16)19/h4-6,8,10,13,18H,7,9H2,1-3H3,(H2,16,19)(H,17,20). The van der Waals surface area contributed by atoms with Crippen molar-refractivity contribution in [2.24, 2.45) is 11.7 Å². The van der Waals surface area contributed by atoms with E-state index in [9.17, 15) is 9.59 Å². The Balaban J connectivity index is 2.69. The van der Waals surface area contributed by atoms with Gasteiger partial charge in [-0.3, -0.25) is 9.59 Å². The van der Waals surface area contributed by atoms with Crippen LogP contribution < -0.4 is 16.4 Å². The molecule has 0 radical (unpaired) electrons. The van der Waals surface area contributed by atoms with Crippen molar-refractivity contribution in [1.82, 2.24) is 10.6 Å². The van der Waals surface area contributed by atoms with Gasteiger partial charge in [0.2, 0.25) is 11.8 Å². The first-order chi connectivity index (χ1) is 9.43. The fraction of sp³-hybridized carbons (Fsp3) is 0.467. The molecule has 110 valence electrons. The summed E-state index contributed by atoms with van der Waals surface area (Å²) in [5.74, 6) is -0.0524. The molecule has 1 aromatic carbocycles. The zero-order valence-electron chi connectivity index (χ0n) is 12.3. The Bertz CT molecular complexity index is 472. The molecule has 0 spiro atoms. The third-order valence-corrected chi connectivity index (χ3v) is 3.03. The molecular weight excluding hydrogens is 254 g/mol. The minimum absolute atomic E-state index is 0.0234. The highest BCUT2D eigenvalue weighted by Crippen LogP contribution is 2.08. The van der Waals surface area contributed by atoms with Gasteiger partial charge in [0.15, 0.2) is 0 Å². The van der Waals surface area contributed by atoms with Gasteiger partial charge in [0.05, 0.1) is 6.04 Å².